The fraction of sp³-hybridized carbons (Fsp3) is 0.455. The Morgan fingerprint density at radius 2 is 2.27 bits per heavy atom. The summed E-state index contributed by atoms with van der Waals surface area (Å²) in [6, 6.07) is 0. The molecule has 4 heteroatoms. The van der Waals surface area contributed by atoms with Gasteiger partial charge in [-0.15, -0.1) is 6.42 Å². The van der Waals surface area contributed by atoms with Crippen molar-refractivity contribution in [3.05, 3.63) is 18.0 Å². The summed E-state index contributed by atoms with van der Waals surface area (Å²) in [5.74, 6) is 2.61. The SMILES string of the molecule is C#Cc1cnn(CC(=O)N2CCCC2)c1. The van der Waals surface area contributed by atoms with Crippen molar-refractivity contribution in [3.8, 4) is 12.3 Å². The fourth-order valence-corrected chi connectivity index (χ4v) is 1.73. The molecule has 4 nitrogen and oxygen atoms in total. The van der Waals surface area contributed by atoms with Crippen LogP contribution < -0.4 is 0 Å². The first-order valence-electron chi connectivity index (χ1n) is 5.06. The van der Waals surface area contributed by atoms with Crippen molar-refractivity contribution >= 4 is 5.91 Å². The Hall–Kier alpha value is -1.76. The number of hydrogen-bond donors (Lipinski definition) is 0. The highest BCUT2D eigenvalue weighted by molar-refractivity contribution is 5.76. The van der Waals surface area contributed by atoms with Crippen LogP contribution in [-0.4, -0.2) is 33.7 Å². The van der Waals surface area contributed by atoms with E-state index in [-0.39, 0.29) is 5.91 Å². The molecule has 0 N–H and O–H groups in total. The number of hydrogen-bond acceptors (Lipinski definition) is 2. The summed E-state index contributed by atoms with van der Waals surface area (Å²) in [4.78, 5) is 13.6. The van der Waals surface area contributed by atoms with Gasteiger partial charge in [-0.2, -0.15) is 5.10 Å². The van der Waals surface area contributed by atoms with Crippen molar-refractivity contribution in [2.75, 3.05) is 13.1 Å². The predicted molar refractivity (Wildman–Crippen MR) is 56.0 cm³/mol. The summed E-state index contributed by atoms with van der Waals surface area (Å²) < 4.78 is 1.59. The molecule has 1 fully saturated rings. The lowest BCUT2D eigenvalue weighted by molar-refractivity contribution is -0.130. The van der Waals surface area contributed by atoms with Crippen LogP contribution in [0, 0.1) is 12.3 Å². The van der Waals surface area contributed by atoms with E-state index in [1.165, 1.54) is 0 Å². The maximum absolute atomic E-state index is 11.7. The molecule has 1 saturated heterocycles. The van der Waals surface area contributed by atoms with E-state index in [0.29, 0.717) is 12.1 Å². The molecule has 0 saturated carbocycles. The van der Waals surface area contributed by atoms with Gasteiger partial charge in [0.25, 0.3) is 0 Å². The van der Waals surface area contributed by atoms with E-state index >= 15 is 0 Å². The Morgan fingerprint density at radius 1 is 1.53 bits per heavy atom. The van der Waals surface area contributed by atoms with Crippen LogP contribution >= 0.6 is 0 Å². The Morgan fingerprint density at radius 3 is 2.87 bits per heavy atom. The molecule has 1 aliphatic rings. The van der Waals surface area contributed by atoms with Crippen LogP contribution in [0.25, 0.3) is 0 Å². The lowest BCUT2D eigenvalue weighted by atomic mass is 10.4. The zero-order chi connectivity index (χ0) is 10.7. The molecular formula is C11H13N3O. The third-order valence-corrected chi connectivity index (χ3v) is 2.56. The van der Waals surface area contributed by atoms with Crippen LogP contribution in [0.3, 0.4) is 0 Å². The topological polar surface area (TPSA) is 38.1 Å². The Balaban J connectivity index is 1.96. The molecule has 1 amide bonds. The standard InChI is InChI=1S/C11H13N3O/c1-2-10-7-12-14(8-10)9-11(15)13-5-3-4-6-13/h1,7-8H,3-6,9H2. The minimum atomic E-state index is 0.124. The molecule has 0 bridgehead atoms. The Bertz CT molecular complexity index is 396. The van der Waals surface area contributed by atoms with Crippen molar-refractivity contribution < 1.29 is 4.79 Å². The minimum absolute atomic E-state index is 0.124. The summed E-state index contributed by atoms with van der Waals surface area (Å²) in [6.45, 7) is 2.05. The molecule has 0 spiro atoms. The van der Waals surface area contributed by atoms with Crippen LogP contribution in [0.15, 0.2) is 12.4 Å². The number of rotatable bonds is 2. The molecule has 0 unspecified atom stereocenters. The zero-order valence-corrected chi connectivity index (χ0v) is 8.52. The number of carbonyl (C=O) groups is 1. The largest absolute Gasteiger partial charge is 0.341 e. The molecular weight excluding hydrogens is 190 g/mol. The third-order valence-electron chi connectivity index (χ3n) is 2.56. The van der Waals surface area contributed by atoms with Crippen LogP contribution in [0.5, 0.6) is 0 Å². The maximum atomic E-state index is 11.7. The number of carbonyl (C=O) groups excluding carboxylic acids is 1. The van der Waals surface area contributed by atoms with Crippen LogP contribution in [0.4, 0.5) is 0 Å². The number of likely N-dealkylation sites (tertiary alicyclic amines) is 1. The van der Waals surface area contributed by atoms with E-state index in [9.17, 15) is 4.79 Å². The predicted octanol–water partition coefficient (Wildman–Crippen LogP) is 0.487. The number of nitrogens with zero attached hydrogens (tertiary/aromatic N) is 3. The van der Waals surface area contributed by atoms with Crippen molar-refractivity contribution in [3.63, 3.8) is 0 Å². The summed E-state index contributed by atoms with van der Waals surface area (Å²) >= 11 is 0. The number of terminal acetylenes is 1. The second-order valence-corrected chi connectivity index (χ2v) is 3.66. The Kier molecular flexibility index (Phi) is 2.72. The average molecular weight is 203 g/mol. The van der Waals surface area contributed by atoms with E-state index in [0.717, 1.165) is 25.9 Å². The van der Waals surface area contributed by atoms with E-state index in [2.05, 4.69) is 11.0 Å². The van der Waals surface area contributed by atoms with Crippen LogP contribution in [0.2, 0.25) is 0 Å². The van der Waals surface area contributed by atoms with Gasteiger partial charge in [0.05, 0.1) is 11.8 Å². The molecule has 0 aliphatic carbocycles. The van der Waals surface area contributed by atoms with Crippen molar-refractivity contribution in [1.82, 2.24) is 14.7 Å². The minimum Gasteiger partial charge on any atom is -0.341 e. The average Bonchev–Trinajstić information content (AvgIpc) is 2.87. The van der Waals surface area contributed by atoms with Gasteiger partial charge >= 0.3 is 0 Å². The molecule has 0 aromatic carbocycles. The molecule has 1 aliphatic heterocycles. The first-order chi connectivity index (χ1) is 7.29. The third kappa shape index (κ3) is 2.18. The van der Waals surface area contributed by atoms with E-state index in [4.69, 9.17) is 6.42 Å². The van der Waals surface area contributed by atoms with Gasteiger partial charge in [0.1, 0.15) is 6.54 Å². The zero-order valence-electron chi connectivity index (χ0n) is 8.52. The van der Waals surface area contributed by atoms with E-state index in [1.54, 1.807) is 17.1 Å². The van der Waals surface area contributed by atoms with E-state index < -0.39 is 0 Å². The van der Waals surface area contributed by atoms with Gasteiger partial charge in [-0.3, -0.25) is 9.48 Å². The summed E-state index contributed by atoms with van der Waals surface area (Å²) in [5, 5.41) is 4.03. The van der Waals surface area contributed by atoms with Crippen LogP contribution in [-0.2, 0) is 11.3 Å². The second-order valence-electron chi connectivity index (χ2n) is 3.66. The van der Waals surface area contributed by atoms with Gasteiger partial charge in [-0.1, -0.05) is 5.92 Å². The monoisotopic (exact) mass is 203 g/mol. The van der Waals surface area contributed by atoms with Gasteiger partial charge < -0.3 is 4.90 Å². The first-order valence-corrected chi connectivity index (χ1v) is 5.06. The van der Waals surface area contributed by atoms with Crippen molar-refractivity contribution in [2.45, 2.75) is 19.4 Å². The highest BCUT2D eigenvalue weighted by Crippen LogP contribution is 2.08. The summed E-state index contributed by atoms with van der Waals surface area (Å²) in [5.41, 5.74) is 0.712. The van der Waals surface area contributed by atoms with Crippen molar-refractivity contribution in [1.29, 1.82) is 0 Å². The quantitative estimate of drug-likeness (QED) is 0.656. The molecule has 2 heterocycles. The first kappa shape index (κ1) is 9.78. The highest BCUT2D eigenvalue weighted by Gasteiger charge is 2.17. The van der Waals surface area contributed by atoms with Gasteiger partial charge in [0, 0.05) is 19.3 Å². The van der Waals surface area contributed by atoms with Gasteiger partial charge in [-0.05, 0) is 12.8 Å². The van der Waals surface area contributed by atoms with Gasteiger partial charge in [-0.25, -0.2) is 0 Å². The Labute approximate surface area is 88.9 Å². The van der Waals surface area contributed by atoms with Crippen LogP contribution in [0.1, 0.15) is 18.4 Å². The maximum Gasteiger partial charge on any atom is 0.244 e. The summed E-state index contributed by atoms with van der Waals surface area (Å²) in [6.07, 6.45) is 10.8. The lowest BCUT2D eigenvalue weighted by Crippen LogP contribution is -2.31. The summed E-state index contributed by atoms with van der Waals surface area (Å²) in [7, 11) is 0. The highest BCUT2D eigenvalue weighted by atomic mass is 16.2. The molecule has 1 aromatic heterocycles. The van der Waals surface area contributed by atoms with E-state index in [1.807, 2.05) is 4.90 Å². The smallest absolute Gasteiger partial charge is 0.244 e. The molecule has 1 aromatic rings. The van der Waals surface area contributed by atoms with Gasteiger partial charge in [0.2, 0.25) is 5.91 Å². The molecule has 0 radical (unpaired) electrons. The lowest BCUT2D eigenvalue weighted by Gasteiger charge is -2.14. The van der Waals surface area contributed by atoms with Crippen molar-refractivity contribution in [2.24, 2.45) is 0 Å². The fourth-order valence-electron chi connectivity index (χ4n) is 1.73. The molecule has 15 heavy (non-hydrogen) atoms. The molecule has 0 atom stereocenters. The normalized spacial score (nSPS) is 15.3. The number of aromatic nitrogens is 2. The van der Waals surface area contributed by atoms with Gasteiger partial charge in [0.15, 0.2) is 0 Å². The second kappa shape index (κ2) is 4.18. The molecule has 78 valence electrons. The molecule has 2 rings (SSSR count). The number of amides is 1.